The average molecular weight is 885 g/mol. The maximum absolute atomic E-state index is 5.93. The second-order valence-electron chi connectivity index (χ2n) is 14.4. The molecule has 66 heavy (non-hydrogen) atoms. The van der Waals surface area contributed by atoms with Crippen molar-refractivity contribution in [2.45, 2.75) is 12.8 Å². The molecule has 0 amide bonds. The van der Waals surface area contributed by atoms with Crippen LogP contribution in [0.1, 0.15) is 44.5 Å². The van der Waals surface area contributed by atoms with E-state index in [1.807, 2.05) is 91.0 Å². The molecule has 0 spiro atoms. The van der Waals surface area contributed by atoms with Gasteiger partial charge in [-0.3, -0.25) is 0 Å². The Balaban J connectivity index is 1.44. The third-order valence-corrected chi connectivity index (χ3v) is 10.6. The van der Waals surface area contributed by atoms with E-state index in [1.54, 1.807) is 71.1 Å². The van der Waals surface area contributed by atoms with Crippen molar-refractivity contribution < 1.29 is 47.4 Å². The van der Waals surface area contributed by atoms with Gasteiger partial charge in [0, 0.05) is 28.7 Å². The van der Waals surface area contributed by atoms with Crippen molar-refractivity contribution in [2.24, 2.45) is 0 Å². The maximum Gasteiger partial charge on any atom is 0.203 e. The molecule has 0 aromatic heterocycles. The highest BCUT2D eigenvalue weighted by Crippen LogP contribution is 2.39. The van der Waals surface area contributed by atoms with Crippen molar-refractivity contribution in [2.75, 3.05) is 71.1 Å². The molecule has 0 radical (unpaired) electrons. The number of hydrogen-bond donors (Lipinski definition) is 0. The predicted octanol–water partition coefficient (Wildman–Crippen LogP) is 9.86. The first-order valence-corrected chi connectivity index (χ1v) is 20.7. The first-order valence-electron chi connectivity index (χ1n) is 20.7. The molecule has 10 heteroatoms. The molecular formula is C56H52O10. The fourth-order valence-corrected chi connectivity index (χ4v) is 7.11. The summed E-state index contributed by atoms with van der Waals surface area (Å²) in [5, 5.41) is 0. The number of rotatable bonds is 15. The summed E-state index contributed by atoms with van der Waals surface area (Å²) >= 11 is 0. The fourth-order valence-electron chi connectivity index (χ4n) is 7.11. The molecule has 6 aromatic rings. The molecular weight excluding hydrogens is 833 g/mol. The van der Waals surface area contributed by atoms with Gasteiger partial charge >= 0.3 is 0 Å². The van der Waals surface area contributed by atoms with Crippen LogP contribution in [0.3, 0.4) is 0 Å². The van der Waals surface area contributed by atoms with Crippen molar-refractivity contribution in [1.82, 2.24) is 0 Å². The summed E-state index contributed by atoms with van der Waals surface area (Å²) in [7, 11) is 16.0. The van der Waals surface area contributed by atoms with Gasteiger partial charge < -0.3 is 47.4 Å². The van der Waals surface area contributed by atoms with Crippen LogP contribution < -0.4 is 47.4 Å². The second kappa shape index (κ2) is 22.9. The summed E-state index contributed by atoms with van der Waals surface area (Å²) in [6.45, 7) is 0. The van der Waals surface area contributed by atoms with Crippen LogP contribution in [0, 0.1) is 35.5 Å². The Labute approximate surface area is 387 Å². The van der Waals surface area contributed by atoms with Crippen molar-refractivity contribution in [1.29, 1.82) is 0 Å². The van der Waals surface area contributed by atoms with Crippen molar-refractivity contribution >= 4 is 5.57 Å². The Morgan fingerprint density at radius 2 is 0.758 bits per heavy atom. The third-order valence-electron chi connectivity index (χ3n) is 10.6. The normalized spacial score (nSPS) is 10.6. The molecule has 10 nitrogen and oxygen atoms in total. The summed E-state index contributed by atoms with van der Waals surface area (Å²) in [6.07, 6.45) is 1.00. The van der Waals surface area contributed by atoms with Crippen LogP contribution in [0.5, 0.6) is 57.5 Å². The van der Waals surface area contributed by atoms with Crippen LogP contribution in [-0.4, -0.2) is 71.1 Å². The van der Waals surface area contributed by atoms with E-state index in [2.05, 4.69) is 53.7 Å². The lowest BCUT2D eigenvalue weighted by Gasteiger charge is -2.16. The summed E-state index contributed by atoms with van der Waals surface area (Å²) < 4.78 is 56.0. The first-order chi connectivity index (χ1) is 32.2. The quantitative estimate of drug-likeness (QED) is 0.0929. The Morgan fingerprint density at radius 3 is 1.15 bits per heavy atom. The monoisotopic (exact) mass is 884 g/mol. The molecule has 0 N–H and O–H groups in total. The molecule has 0 saturated heterocycles. The van der Waals surface area contributed by atoms with Gasteiger partial charge in [0.25, 0.3) is 0 Å². The molecule has 0 heterocycles. The van der Waals surface area contributed by atoms with Gasteiger partial charge in [-0.25, -0.2) is 0 Å². The van der Waals surface area contributed by atoms with Crippen LogP contribution >= 0.6 is 0 Å². The van der Waals surface area contributed by atoms with Gasteiger partial charge in [-0.1, -0.05) is 59.8 Å². The molecule has 0 bridgehead atoms. The number of ether oxygens (including phenoxy) is 10. The van der Waals surface area contributed by atoms with E-state index in [4.69, 9.17) is 47.4 Å². The molecule has 0 aliphatic rings. The van der Waals surface area contributed by atoms with Gasteiger partial charge in [-0.15, -0.1) is 0 Å². The summed E-state index contributed by atoms with van der Waals surface area (Å²) in [5.41, 5.74) is 8.52. The average Bonchev–Trinajstić information content (AvgIpc) is 3.37. The summed E-state index contributed by atoms with van der Waals surface area (Å²) in [5.74, 6) is 25.8. The third kappa shape index (κ3) is 11.5. The molecule has 0 aliphatic carbocycles. The van der Waals surface area contributed by atoms with Gasteiger partial charge in [-0.05, 0) is 114 Å². The molecule has 6 rings (SSSR count). The minimum atomic E-state index is 0.483. The van der Waals surface area contributed by atoms with E-state index in [0.717, 1.165) is 44.9 Å². The Hall–Kier alpha value is -8.26. The van der Waals surface area contributed by atoms with Crippen LogP contribution in [0.15, 0.2) is 115 Å². The zero-order valence-corrected chi connectivity index (χ0v) is 38.9. The SMILES string of the molecule is COc1ccc(C#C/C(Cc2ccc(C#Cc3cc(OC)c(OC)c(OC)c3)c(OC)c2)=C(\Cc2ccc(C#Cc3cc(OC)c(OC)c(OC)c3)c(OC)c2)c2ccc(OC)cc2)cc1. The van der Waals surface area contributed by atoms with Crippen molar-refractivity contribution in [3.63, 3.8) is 0 Å². The van der Waals surface area contributed by atoms with Crippen molar-refractivity contribution in [3.8, 4) is 93.0 Å². The smallest absolute Gasteiger partial charge is 0.203 e. The topological polar surface area (TPSA) is 92.3 Å². The molecule has 6 aromatic carbocycles. The predicted molar refractivity (Wildman–Crippen MR) is 257 cm³/mol. The van der Waals surface area contributed by atoms with E-state index in [-0.39, 0.29) is 0 Å². The largest absolute Gasteiger partial charge is 0.497 e. The van der Waals surface area contributed by atoms with Crippen LogP contribution in [0.2, 0.25) is 0 Å². The summed E-state index contributed by atoms with van der Waals surface area (Å²) in [4.78, 5) is 0. The van der Waals surface area contributed by atoms with Crippen molar-refractivity contribution in [3.05, 3.63) is 159 Å². The molecule has 0 aliphatic heterocycles. The van der Waals surface area contributed by atoms with Crippen LogP contribution in [0.25, 0.3) is 5.57 Å². The molecule has 0 saturated carbocycles. The molecule has 0 fully saturated rings. The zero-order chi connectivity index (χ0) is 47.0. The minimum absolute atomic E-state index is 0.483. The molecule has 0 atom stereocenters. The number of methoxy groups -OCH3 is 10. The number of hydrogen-bond acceptors (Lipinski definition) is 10. The molecule has 0 unspecified atom stereocenters. The zero-order valence-electron chi connectivity index (χ0n) is 38.9. The van der Waals surface area contributed by atoms with E-state index < -0.39 is 0 Å². The van der Waals surface area contributed by atoms with E-state index in [1.165, 1.54) is 0 Å². The van der Waals surface area contributed by atoms with E-state index >= 15 is 0 Å². The van der Waals surface area contributed by atoms with Gasteiger partial charge in [0.2, 0.25) is 11.5 Å². The lowest BCUT2D eigenvalue weighted by molar-refractivity contribution is 0.324. The summed E-state index contributed by atoms with van der Waals surface area (Å²) in [6, 6.07) is 35.0. The van der Waals surface area contributed by atoms with Crippen LogP contribution in [0.4, 0.5) is 0 Å². The lowest BCUT2D eigenvalue weighted by atomic mass is 9.89. The van der Waals surface area contributed by atoms with Gasteiger partial charge in [0.1, 0.15) is 23.0 Å². The second-order valence-corrected chi connectivity index (χ2v) is 14.4. The van der Waals surface area contributed by atoms with E-state index in [9.17, 15) is 0 Å². The standard InChI is InChI=1S/C56H52O10/c1-57-46-25-16-37(17-26-46)11-22-45(29-38-12-18-43(49(31-38)59-3)20-14-40-33-51(61-5)55(65-9)52(34-40)62-6)48(42-23-27-47(58-2)28-24-42)30-39-13-19-44(50(32-39)60-4)21-15-41-35-53(63-7)56(66-10)54(36-41)64-8/h12-13,16-19,23-28,31-36H,29-30H2,1-10H3/b48-45-. The Bertz CT molecular complexity index is 2830. The van der Waals surface area contributed by atoms with Gasteiger partial charge in [0.15, 0.2) is 23.0 Å². The number of allylic oxidation sites excluding steroid dienone is 2. The minimum Gasteiger partial charge on any atom is -0.497 e. The van der Waals surface area contributed by atoms with Gasteiger partial charge in [-0.2, -0.15) is 0 Å². The number of benzene rings is 6. The Kier molecular flexibility index (Phi) is 16.4. The van der Waals surface area contributed by atoms with Gasteiger partial charge in [0.05, 0.1) is 82.2 Å². The van der Waals surface area contributed by atoms with E-state index in [0.29, 0.717) is 81.1 Å². The highest BCUT2D eigenvalue weighted by molar-refractivity contribution is 5.76. The fraction of sp³-hybridized carbons (Fsp3) is 0.214. The molecule has 336 valence electrons. The van der Waals surface area contributed by atoms with Crippen LogP contribution in [-0.2, 0) is 12.8 Å². The highest BCUT2D eigenvalue weighted by atomic mass is 16.5. The maximum atomic E-state index is 5.93. The first kappa shape index (κ1) is 47.2. The highest BCUT2D eigenvalue weighted by Gasteiger charge is 2.17. The Morgan fingerprint density at radius 1 is 0.348 bits per heavy atom. The lowest BCUT2D eigenvalue weighted by Crippen LogP contribution is -2.01.